The third-order valence-corrected chi connectivity index (χ3v) is 3.28. The monoisotopic (exact) mass is 243 g/mol. The van der Waals surface area contributed by atoms with Gasteiger partial charge in [0.1, 0.15) is 0 Å². The van der Waals surface area contributed by atoms with Gasteiger partial charge in [-0.05, 0) is 24.1 Å². The van der Waals surface area contributed by atoms with Crippen molar-refractivity contribution in [3.63, 3.8) is 0 Å². The normalized spacial score (nSPS) is 11.6. The highest BCUT2D eigenvalue weighted by Gasteiger charge is 2.05. The fraction of sp³-hybridized carbons (Fsp3) is 0.455. The summed E-state index contributed by atoms with van der Waals surface area (Å²) in [7, 11) is -3.10. The van der Waals surface area contributed by atoms with E-state index in [4.69, 9.17) is 10.5 Å². The van der Waals surface area contributed by atoms with Crippen molar-refractivity contribution in [2.75, 3.05) is 26.0 Å². The van der Waals surface area contributed by atoms with Crippen LogP contribution in [0.3, 0.4) is 0 Å². The van der Waals surface area contributed by atoms with Gasteiger partial charge in [-0.15, -0.1) is 0 Å². The van der Waals surface area contributed by atoms with Gasteiger partial charge in [0.2, 0.25) is 0 Å². The second kappa shape index (κ2) is 5.98. The third kappa shape index (κ3) is 4.30. The van der Waals surface area contributed by atoms with Crippen LogP contribution in [0.15, 0.2) is 29.2 Å². The van der Waals surface area contributed by atoms with Crippen molar-refractivity contribution in [1.29, 1.82) is 0 Å². The second-order valence-corrected chi connectivity index (χ2v) is 5.58. The molecule has 0 aliphatic heterocycles. The molecule has 0 saturated heterocycles. The number of hydrogen-bond acceptors (Lipinski definition) is 4. The van der Waals surface area contributed by atoms with Crippen molar-refractivity contribution in [2.24, 2.45) is 5.73 Å². The van der Waals surface area contributed by atoms with Gasteiger partial charge in [-0.3, -0.25) is 0 Å². The van der Waals surface area contributed by atoms with E-state index in [0.29, 0.717) is 24.7 Å². The molecule has 0 atom stereocenters. The molecule has 1 aromatic rings. The van der Waals surface area contributed by atoms with E-state index in [2.05, 4.69) is 0 Å². The quantitative estimate of drug-likeness (QED) is 0.743. The molecule has 5 heteroatoms. The van der Waals surface area contributed by atoms with Crippen LogP contribution in [0.2, 0.25) is 0 Å². The van der Waals surface area contributed by atoms with Crippen molar-refractivity contribution in [3.05, 3.63) is 29.8 Å². The molecule has 1 aromatic carbocycles. The van der Waals surface area contributed by atoms with Crippen molar-refractivity contribution < 1.29 is 13.2 Å². The molecule has 1 rings (SSSR count). The summed E-state index contributed by atoms with van der Waals surface area (Å²) in [6.45, 7) is 1.68. The van der Waals surface area contributed by atoms with E-state index in [1.165, 1.54) is 6.26 Å². The molecule has 0 bridgehead atoms. The first-order valence-corrected chi connectivity index (χ1v) is 7.00. The first kappa shape index (κ1) is 13.2. The topological polar surface area (TPSA) is 69.4 Å². The Bertz CT molecular complexity index is 411. The maximum atomic E-state index is 11.2. The van der Waals surface area contributed by atoms with Gasteiger partial charge in [0.25, 0.3) is 0 Å². The molecule has 4 nitrogen and oxygen atoms in total. The Morgan fingerprint density at radius 3 is 2.31 bits per heavy atom. The van der Waals surface area contributed by atoms with Crippen LogP contribution in [-0.4, -0.2) is 34.4 Å². The number of rotatable bonds is 6. The molecular formula is C11H17NO3S. The highest BCUT2D eigenvalue weighted by atomic mass is 32.2. The smallest absolute Gasteiger partial charge is 0.175 e. The zero-order valence-electron chi connectivity index (χ0n) is 9.35. The molecule has 0 amide bonds. The number of nitrogens with two attached hydrogens (primary N) is 1. The highest BCUT2D eigenvalue weighted by Crippen LogP contribution is 2.10. The summed E-state index contributed by atoms with van der Waals surface area (Å²) in [5.41, 5.74) is 6.34. The fourth-order valence-electron chi connectivity index (χ4n) is 1.28. The first-order valence-electron chi connectivity index (χ1n) is 5.11. The summed E-state index contributed by atoms with van der Waals surface area (Å²) in [5, 5.41) is 0. The van der Waals surface area contributed by atoms with E-state index >= 15 is 0 Å². The predicted octanol–water partition coefficient (Wildman–Crippen LogP) is 0.608. The Morgan fingerprint density at radius 2 is 1.81 bits per heavy atom. The van der Waals surface area contributed by atoms with Crippen LogP contribution in [0.4, 0.5) is 0 Å². The van der Waals surface area contributed by atoms with Crippen LogP contribution in [-0.2, 0) is 21.0 Å². The summed E-state index contributed by atoms with van der Waals surface area (Å²) < 4.78 is 27.7. The lowest BCUT2D eigenvalue weighted by Gasteiger charge is -2.04. The molecule has 0 aromatic heterocycles. The predicted molar refractivity (Wildman–Crippen MR) is 63.1 cm³/mol. The van der Waals surface area contributed by atoms with Crippen molar-refractivity contribution >= 4 is 9.84 Å². The van der Waals surface area contributed by atoms with Gasteiger partial charge < -0.3 is 10.5 Å². The summed E-state index contributed by atoms with van der Waals surface area (Å²) in [5.74, 6) is 0. The average molecular weight is 243 g/mol. The van der Waals surface area contributed by atoms with Crippen LogP contribution >= 0.6 is 0 Å². The second-order valence-electron chi connectivity index (χ2n) is 3.57. The molecule has 0 spiro atoms. The molecule has 0 aliphatic rings. The largest absolute Gasteiger partial charge is 0.380 e. The van der Waals surface area contributed by atoms with Crippen LogP contribution in [0.1, 0.15) is 5.56 Å². The molecule has 16 heavy (non-hydrogen) atoms. The molecular weight excluding hydrogens is 226 g/mol. The van der Waals surface area contributed by atoms with Gasteiger partial charge in [-0.2, -0.15) is 0 Å². The van der Waals surface area contributed by atoms with Crippen molar-refractivity contribution in [1.82, 2.24) is 0 Å². The minimum Gasteiger partial charge on any atom is -0.380 e. The minimum absolute atomic E-state index is 0.346. The van der Waals surface area contributed by atoms with Gasteiger partial charge in [-0.25, -0.2) is 8.42 Å². The van der Waals surface area contributed by atoms with Crippen LogP contribution in [0.25, 0.3) is 0 Å². The van der Waals surface area contributed by atoms with Gasteiger partial charge in [0.15, 0.2) is 9.84 Å². The Balaban J connectivity index is 2.52. The third-order valence-electron chi connectivity index (χ3n) is 2.15. The molecule has 0 unspecified atom stereocenters. The lowest BCUT2D eigenvalue weighted by atomic mass is 10.2. The van der Waals surface area contributed by atoms with Gasteiger partial charge >= 0.3 is 0 Å². The van der Waals surface area contributed by atoms with Gasteiger partial charge in [-0.1, -0.05) is 12.1 Å². The number of ether oxygens (including phenoxy) is 1. The highest BCUT2D eigenvalue weighted by molar-refractivity contribution is 7.90. The summed E-state index contributed by atoms with van der Waals surface area (Å²) in [6.07, 6.45) is 1.97. The summed E-state index contributed by atoms with van der Waals surface area (Å²) >= 11 is 0. The van der Waals surface area contributed by atoms with Gasteiger partial charge in [0.05, 0.1) is 18.1 Å². The average Bonchev–Trinajstić information content (AvgIpc) is 2.24. The molecule has 2 N–H and O–H groups in total. The molecule has 0 radical (unpaired) electrons. The van der Waals surface area contributed by atoms with E-state index < -0.39 is 9.84 Å². The lowest BCUT2D eigenvalue weighted by Crippen LogP contribution is -2.10. The van der Waals surface area contributed by atoms with E-state index in [-0.39, 0.29) is 0 Å². The zero-order chi connectivity index (χ0) is 12.0. The Labute approximate surface area is 96.3 Å². The minimum atomic E-state index is -3.10. The Kier molecular flexibility index (Phi) is 4.92. The van der Waals surface area contributed by atoms with Crippen LogP contribution < -0.4 is 5.73 Å². The van der Waals surface area contributed by atoms with Gasteiger partial charge in [0, 0.05) is 12.8 Å². The van der Waals surface area contributed by atoms with E-state index in [0.717, 1.165) is 12.0 Å². The van der Waals surface area contributed by atoms with E-state index in [1.54, 1.807) is 12.1 Å². The lowest BCUT2D eigenvalue weighted by molar-refractivity contribution is 0.145. The maximum Gasteiger partial charge on any atom is 0.175 e. The van der Waals surface area contributed by atoms with Crippen molar-refractivity contribution in [3.8, 4) is 0 Å². The number of benzene rings is 1. The maximum absolute atomic E-state index is 11.2. The van der Waals surface area contributed by atoms with E-state index in [9.17, 15) is 8.42 Å². The molecule has 0 fully saturated rings. The van der Waals surface area contributed by atoms with Crippen molar-refractivity contribution in [2.45, 2.75) is 11.3 Å². The Morgan fingerprint density at radius 1 is 1.19 bits per heavy atom. The first-order chi connectivity index (χ1) is 7.54. The fourth-order valence-corrected chi connectivity index (χ4v) is 1.91. The summed E-state index contributed by atoms with van der Waals surface area (Å²) in [6, 6.07) is 6.85. The SMILES string of the molecule is CS(=O)(=O)c1ccc(CCOCCN)cc1. The summed E-state index contributed by atoms with van der Waals surface area (Å²) in [4.78, 5) is 0.346. The van der Waals surface area contributed by atoms with Crippen LogP contribution in [0, 0.1) is 0 Å². The van der Waals surface area contributed by atoms with Crippen LogP contribution in [0.5, 0.6) is 0 Å². The van der Waals surface area contributed by atoms with E-state index in [1.807, 2.05) is 12.1 Å². The molecule has 90 valence electrons. The molecule has 0 aliphatic carbocycles. The molecule has 0 heterocycles. The number of hydrogen-bond donors (Lipinski definition) is 1. The molecule has 0 saturated carbocycles. The number of sulfone groups is 1. The Hall–Kier alpha value is -0.910. The zero-order valence-corrected chi connectivity index (χ0v) is 10.2. The standard InChI is InChI=1S/C11H17NO3S/c1-16(13,14)11-4-2-10(3-5-11)6-8-15-9-7-12/h2-5H,6-9,12H2,1H3.